The van der Waals surface area contributed by atoms with Crippen molar-refractivity contribution in [1.82, 2.24) is 25.3 Å². The summed E-state index contributed by atoms with van der Waals surface area (Å²) in [5, 5.41) is 35.7. The van der Waals surface area contributed by atoms with Crippen LogP contribution in [-0.4, -0.2) is 68.1 Å². The second-order valence-electron chi connectivity index (χ2n) is 7.38. The number of hydrogen-bond acceptors (Lipinski definition) is 12. The van der Waals surface area contributed by atoms with Gasteiger partial charge >= 0.3 is 0 Å². The molecule has 2 atom stereocenters. The first-order valence-electron chi connectivity index (χ1n) is 9.93. The fourth-order valence-electron chi connectivity index (χ4n) is 3.38. The van der Waals surface area contributed by atoms with Crippen LogP contribution in [0, 0.1) is 0 Å². The first-order valence-corrected chi connectivity index (χ1v) is 13.0. The molecule has 0 radical (unpaired) electrons. The van der Waals surface area contributed by atoms with Crippen LogP contribution in [0.3, 0.4) is 0 Å². The van der Waals surface area contributed by atoms with Gasteiger partial charge in [-0.25, -0.2) is 31.7 Å². The lowest BCUT2D eigenvalue weighted by Crippen LogP contribution is -2.39. The summed E-state index contributed by atoms with van der Waals surface area (Å²) < 4.78 is 53.8. The highest BCUT2D eigenvalue weighted by Gasteiger charge is 2.32. The third kappa shape index (κ3) is 5.14. The van der Waals surface area contributed by atoms with Gasteiger partial charge in [0.25, 0.3) is 0 Å². The number of H-pyrrole nitrogens is 1. The SMILES string of the molecule is NC(CO)CNS(=O)(=O)c1ccc(-c2cccc(C3N=CN=N3)c2)c(-c2nn[nH]n2)c1S(N)(=O)=O. The van der Waals surface area contributed by atoms with E-state index in [-0.39, 0.29) is 23.5 Å². The van der Waals surface area contributed by atoms with E-state index in [1.54, 1.807) is 24.3 Å². The van der Waals surface area contributed by atoms with Gasteiger partial charge in [-0.2, -0.15) is 10.3 Å². The number of benzene rings is 2. The van der Waals surface area contributed by atoms with Crippen LogP contribution >= 0.6 is 0 Å². The topological polar surface area (TPSA) is 244 Å². The first-order chi connectivity index (χ1) is 16.6. The minimum atomic E-state index is -4.65. The number of rotatable bonds is 9. The highest BCUT2D eigenvalue weighted by atomic mass is 32.2. The van der Waals surface area contributed by atoms with Gasteiger partial charge in [0.1, 0.15) is 16.1 Å². The molecule has 2 aromatic carbocycles. The van der Waals surface area contributed by atoms with Gasteiger partial charge in [0, 0.05) is 18.2 Å². The monoisotopic (exact) mass is 520 g/mol. The summed E-state index contributed by atoms with van der Waals surface area (Å²) in [6.07, 6.45) is 0.747. The molecule has 0 saturated carbocycles. The maximum atomic E-state index is 13.0. The van der Waals surface area contributed by atoms with E-state index in [2.05, 4.69) is 40.6 Å². The molecule has 0 amide bonds. The standard InChI is InChI=1S/C18H20N10O5S2/c19-12(8-29)7-23-35(32,33)14-5-4-13(10-2-1-3-11(6-10)17-21-9-22-24-17)15(16(14)34(20,30)31)18-25-27-28-26-18/h1-6,9,12,17,23,29H,7-8,19H2,(H2,20,30,31)(H,25,26,27,28). The van der Waals surface area contributed by atoms with Crippen LogP contribution in [-0.2, 0) is 20.0 Å². The van der Waals surface area contributed by atoms with Crippen molar-refractivity contribution >= 4 is 26.4 Å². The van der Waals surface area contributed by atoms with Crippen LogP contribution in [0.4, 0.5) is 0 Å². The van der Waals surface area contributed by atoms with Crippen molar-refractivity contribution in [2.45, 2.75) is 22.0 Å². The zero-order chi connectivity index (χ0) is 25.2. The number of aliphatic hydroxyl groups excluding tert-OH is 1. The molecule has 1 aromatic heterocycles. The van der Waals surface area contributed by atoms with Gasteiger partial charge in [0.05, 0.1) is 12.2 Å². The van der Waals surface area contributed by atoms with Crippen LogP contribution in [0.1, 0.15) is 11.7 Å². The Kier molecular flexibility index (Phi) is 6.79. The van der Waals surface area contributed by atoms with E-state index in [9.17, 15) is 16.8 Å². The summed E-state index contributed by atoms with van der Waals surface area (Å²) in [6.45, 7) is -0.834. The summed E-state index contributed by atoms with van der Waals surface area (Å²) in [7, 11) is -9.10. The molecule has 2 unspecified atom stereocenters. The van der Waals surface area contributed by atoms with Gasteiger partial charge in [-0.1, -0.05) is 24.3 Å². The Hall–Kier alpha value is -3.48. The molecule has 184 valence electrons. The number of aromatic nitrogens is 4. The van der Waals surface area contributed by atoms with E-state index < -0.39 is 48.7 Å². The highest BCUT2D eigenvalue weighted by Crippen LogP contribution is 2.39. The largest absolute Gasteiger partial charge is 0.395 e. The fourth-order valence-corrected chi connectivity index (χ4v) is 6.08. The number of nitrogens with two attached hydrogens (primary N) is 2. The van der Waals surface area contributed by atoms with E-state index in [1.165, 1.54) is 12.4 Å². The van der Waals surface area contributed by atoms with E-state index in [4.69, 9.17) is 16.0 Å². The molecule has 2 heterocycles. The predicted octanol–water partition coefficient (Wildman–Crippen LogP) is -0.728. The normalized spacial score (nSPS) is 16.6. The Morgan fingerprint density at radius 3 is 2.60 bits per heavy atom. The molecule has 7 N–H and O–H groups in total. The minimum absolute atomic E-state index is 0.177. The maximum absolute atomic E-state index is 13.0. The average Bonchev–Trinajstić information content (AvgIpc) is 3.56. The third-order valence-corrected chi connectivity index (χ3v) is 7.55. The summed E-state index contributed by atoms with van der Waals surface area (Å²) in [5.74, 6) is -0.197. The van der Waals surface area contributed by atoms with Gasteiger partial charge in [-0.3, -0.25) is 0 Å². The molecule has 17 heteroatoms. The van der Waals surface area contributed by atoms with Gasteiger partial charge in [0.2, 0.25) is 25.9 Å². The minimum Gasteiger partial charge on any atom is -0.395 e. The highest BCUT2D eigenvalue weighted by molar-refractivity contribution is 7.92. The second kappa shape index (κ2) is 9.64. The zero-order valence-corrected chi connectivity index (χ0v) is 19.5. The fraction of sp³-hybridized carbons (Fsp3) is 0.222. The van der Waals surface area contributed by atoms with E-state index in [1.807, 2.05) is 0 Å². The number of aliphatic hydroxyl groups is 1. The molecule has 0 saturated heterocycles. The summed E-state index contributed by atoms with van der Waals surface area (Å²) in [4.78, 5) is 2.76. The smallest absolute Gasteiger partial charge is 0.242 e. The zero-order valence-electron chi connectivity index (χ0n) is 17.8. The molecular formula is C18H20N10O5S2. The molecule has 1 aliphatic rings. The van der Waals surface area contributed by atoms with Crippen molar-refractivity contribution in [3.63, 3.8) is 0 Å². The lowest BCUT2D eigenvalue weighted by molar-refractivity contribution is 0.266. The second-order valence-corrected chi connectivity index (χ2v) is 10.6. The Morgan fingerprint density at radius 1 is 1.17 bits per heavy atom. The maximum Gasteiger partial charge on any atom is 0.242 e. The molecular weight excluding hydrogens is 500 g/mol. The van der Waals surface area contributed by atoms with Crippen molar-refractivity contribution in [2.24, 2.45) is 26.1 Å². The van der Waals surface area contributed by atoms with E-state index in [0.29, 0.717) is 11.1 Å². The van der Waals surface area contributed by atoms with Crippen LogP contribution < -0.4 is 15.6 Å². The number of nitrogens with one attached hydrogen (secondary N) is 2. The molecule has 0 spiro atoms. The Morgan fingerprint density at radius 2 is 1.97 bits per heavy atom. The van der Waals surface area contributed by atoms with Crippen LogP contribution in [0.25, 0.3) is 22.5 Å². The van der Waals surface area contributed by atoms with Gasteiger partial charge in [-0.15, -0.1) is 15.3 Å². The average molecular weight is 521 g/mol. The van der Waals surface area contributed by atoms with Crippen LogP contribution in [0.2, 0.25) is 0 Å². The van der Waals surface area contributed by atoms with Crippen molar-refractivity contribution in [3.8, 4) is 22.5 Å². The quantitative estimate of drug-likeness (QED) is 0.238. The lowest BCUT2D eigenvalue weighted by Gasteiger charge is -2.18. The molecule has 0 aliphatic carbocycles. The van der Waals surface area contributed by atoms with Gasteiger partial charge in [0.15, 0.2) is 6.17 Å². The number of tetrazole rings is 1. The molecule has 15 nitrogen and oxygen atoms in total. The van der Waals surface area contributed by atoms with Crippen molar-refractivity contribution in [3.05, 3.63) is 42.0 Å². The molecule has 1 aliphatic heterocycles. The van der Waals surface area contributed by atoms with E-state index >= 15 is 0 Å². The number of primary sulfonamides is 1. The molecule has 35 heavy (non-hydrogen) atoms. The molecule has 0 fully saturated rings. The Labute approximate surface area is 199 Å². The number of azo groups is 1. The van der Waals surface area contributed by atoms with E-state index in [0.717, 1.165) is 6.07 Å². The van der Waals surface area contributed by atoms with Crippen molar-refractivity contribution in [1.29, 1.82) is 0 Å². The lowest BCUT2D eigenvalue weighted by atomic mass is 9.97. The molecule has 4 rings (SSSR count). The summed E-state index contributed by atoms with van der Waals surface area (Å²) in [6, 6.07) is 8.44. The third-order valence-electron chi connectivity index (χ3n) is 4.97. The number of sulfonamides is 2. The van der Waals surface area contributed by atoms with Crippen molar-refractivity contribution in [2.75, 3.05) is 13.2 Å². The number of nitrogens with zero attached hydrogens (tertiary/aromatic N) is 6. The number of aliphatic imine (C=N–C) groups is 1. The molecule has 0 bridgehead atoms. The summed E-state index contributed by atoms with van der Waals surface area (Å²) >= 11 is 0. The number of aromatic amines is 1. The van der Waals surface area contributed by atoms with Crippen LogP contribution in [0.5, 0.6) is 0 Å². The van der Waals surface area contributed by atoms with Crippen LogP contribution in [0.15, 0.2) is 61.4 Å². The van der Waals surface area contributed by atoms with Gasteiger partial charge < -0.3 is 10.8 Å². The Balaban J connectivity index is 1.96. The number of hydrogen-bond donors (Lipinski definition) is 5. The Bertz CT molecular complexity index is 1490. The molecule has 3 aromatic rings. The first kappa shape index (κ1) is 24.6. The van der Waals surface area contributed by atoms with Crippen molar-refractivity contribution < 1.29 is 21.9 Å². The van der Waals surface area contributed by atoms with Gasteiger partial charge in [-0.05, 0) is 28.5 Å². The predicted molar refractivity (Wildman–Crippen MR) is 123 cm³/mol. The summed E-state index contributed by atoms with van der Waals surface area (Å²) in [5.41, 5.74) is 6.82.